The van der Waals surface area contributed by atoms with E-state index >= 15 is 0 Å². The number of benzene rings is 1. The molecule has 0 aliphatic heterocycles. The first-order chi connectivity index (χ1) is 11.5. The minimum Gasteiger partial charge on any atom is -0.400 e. The van der Waals surface area contributed by atoms with Crippen molar-refractivity contribution in [2.24, 2.45) is 23.4 Å². The van der Waals surface area contributed by atoms with Crippen LogP contribution in [0.25, 0.3) is 0 Å². The summed E-state index contributed by atoms with van der Waals surface area (Å²) in [4.78, 5) is 2.53. The largest absolute Gasteiger partial charge is 0.400 e. The van der Waals surface area contributed by atoms with Gasteiger partial charge in [-0.3, -0.25) is 9.91 Å². The third kappa shape index (κ3) is 5.25. The highest BCUT2D eigenvalue weighted by Gasteiger charge is 2.29. The monoisotopic (exact) mass is 328 g/mol. The zero-order valence-corrected chi connectivity index (χ0v) is 15.1. The summed E-state index contributed by atoms with van der Waals surface area (Å²) in [5.41, 5.74) is 9.42. The van der Waals surface area contributed by atoms with Crippen LogP contribution in [0.5, 0.6) is 0 Å². The van der Waals surface area contributed by atoms with Gasteiger partial charge < -0.3 is 5.73 Å². The van der Waals surface area contributed by atoms with E-state index < -0.39 is 0 Å². The molecular formula is C20H32N4. The van der Waals surface area contributed by atoms with Gasteiger partial charge in [0, 0.05) is 31.5 Å². The first-order valence-electron chi connectivity index (χ1n) is 9.33. The zero-order valence-electron chi connectivity index (χ0n) is 15.1. The van der Waals surface area contributed by atoms with E-state index in [9.17, 15) is 0 Å². The van der Waals surface area contributed by atoms with Crippen molar-refractivity contribution in [3.8, 4) is 0 Å². The minimum absolute atomic E-state index is 0.493. The number of nitrogens with two attached hydrogens (primary N) is 2. The number of anilines is 1. The third-order valence-corrected chi connectivity index (χ3v) is 4.97. The van der Waals surface area contributed by atoms with Crippen molar-refractivity contribution >= 4 is 5.69 Å². The summed E-state index contributed by atoms with van der Waals surface area (Å²) in [5.74, 6) is 8.51. The molecule has 4 N–H and O–H groups in total. The van der Waals surface area contributed by atoms with Crippen LogP contribution in [0.4, 0.5) is 5.69 Å². The Labute approximate surface area is 146 Å². The molecule has 0 amide bonds. The van der Waals surface area contributed by atoms with Gasteiger partial charge in [0.1, 0.15) is 0 Å². The molecule has 3 rings (SSSR count). The van der Waals surface area contributed by atoms with Crippen molar-refractivity contribution in [1.82, 2.24) is 4.90 Å². The molecule has 24 heavy (non-hydrogen) atoms. The molecule has 2 aliphatic carbocycles. The standard InChI is InChI=1S/C20H32N4/c1-15(2)18-4-3-5-20(10-18)24(22)14-19(21)13-23(11-16-6-7-16)12-17-8-9-17/h3-5,10,14-17H,6-9,11-13,21-22H2,1-2H3/b19-14-. The van der Waals surface area contributed by atoms with E-state index in [1.54, 1.807) is 5.01 Å². The summed E-state index contributed by atoms with van der Waals surface area (Å²) in [6.07, 6.45) is 7.42. The van der Waals surface area contributed by atoms with E-state index in [0.717, 1.165) is 29.8 Å². The van der Waals surface area contributed by atoms with Crippen LogP contribution in [0.1, 0.15) is 51.0 Å². The van der Waals surface area contributed by atoms with E-state index in [1.165, 1.54) is 44.3 Å². The second-order valence-corrected chi connectivity index (χ2v) is 7.94. The third-order valence-electron chi connectivity index (χ3n) is 4.97. The van der Waals surface area contributed by atoms with Crippen LogP contribution < -0.4 is 16.6 Å². The van der Waals surface area contributed by atoms with E-state index in [-0.39, 0.29) is 0 Å². The molecule has 0 aromatic heterocycles. The van der Waals surface area contributed by atoms with Crippen LogP contribution in [-0.2, 0) is 0 Å². The van der Waals surface area contributed by atoms with Gasteiger partial charge in [-0.05, 0) is 61.1 Å². The molecule has 0 saturated heterocycles. The highest BCUT2D eigenvalue weighted by atomic mass is 15.4. The molecule has 1 aromatic rings. The van der Waals surface area contributed by atoms with Crippen molar-refractivity contribution in [3.63, 3.8) is 0 Å². The van der Waals surface area contributed by atoms with E-state index in [2.05, 4.69) is 36.9 Å². The van der Waals surface area contributed by atoms with Crippen LogP contribution in [0.15, 0.2) is 36.2 Å². The second kappa shape index (κ2) is 7.58. The summed E-state index contributed by atoms with van der Waals surface area (Å²) in [7, 11) is 0. The molecule has 0 bridgehead atoms. The average Bonchev–Trinajstić information content (AvgIpc) is 3.44. The second-order valence-electron chi connectivity index (χ2n) is 7.94. The molecule has 2 saturated carbocycles. The molecular weight excluding hydrogens is 296 g/mol. The predicted molar refractivity (Wildman–Crippen MR) is 101 cm³/mol. The van der Waals surface area contributed by atoms with Gasteiger partial charge in [-0.25, -0.2) is 5.84 Å². The Bertz CT molecular complexity index is 559. The molecule has 0 unspecified atom stereocenters. The fourth-order valence-corrected chi connectivity index (χ4v) is 3.13. The normalized spacial score (nSPS) is 18.5. The average molecular weight is 329 g/mol. The predicted octanol–water partition coefficient (Wildman–Crippen LogP) is 3.41. The maximum absolute atomic E-state index is 6.30. The zero-order chi connectivity index (χ0) is 17.1. The molecule has 4 heteroatoms. The van der Waals surface area contributed by atoms with Crippen LogP contribution in [0.3, 0.4) is 0 Å². The van der Waals surface area contributed by atoms with E-state index in [4.69, 9.17) is 11.6 Å². The lowest BCUT2D eigenvalue weighted by molar-refractivity contribution is 0.272. The number of nitrogens with zero attached hydrogens (tertiary/aromatic N) is 2. The molecule has 0 radical (unpaired) electrons. The fraction of sp³-hybridized carbons (Fsp3) is 0.600. The molecule has 0 atom stereocenters. The number of hydrazine groups is 1. The summed E-state index contributed by atoms with van der Waals surface area (Å²) >= 11 is 0. The smallest absolute Gasteiger partial charge is 0.0571 e. The molecule has 132 valence electrons. The number of hydrogen-bond acceptors (Lipinski definition) is 4. The fourth-order valence-electron chi connectivity index (χ4n) is 3.13. The van der Waals surface area contributed by atoms with Gasteiger partial charge >= 0.3 is 0 Å². The van der Waals surface area contributed by atoms with Crippen LogP contribution in [0, 0.1) is 11.8 Å². The van der Waals surface area contributed by atoms with Gasteiger partial charge in [-0.15, -0.1) is 0 Å². The van der Waals surface area contributed by atoms with Gasteiger partial charge in [-0.2, -0.15) is 0 Å². The van der Waals surface area contributed by atoms with Crippen molar-refractivity contribution in [3.05, 3.63) is 41.7 Å². The van der Waals surface area contributed by atoms with E-state index in [0.29, 0.717) is 5.92 Å². The van der Waals surface area contributed by atoms with Crippen molar-refractivity contribution in [2.75, 3.05) is 24.6 Å². The molecule has 2 fully saturated rings. The Hall–Kier alpha value is -1.52. The summed E-state index contributed by atoms with van der Waals surface area (Å²) in [6.45, 7) is 7.59. The lowest BCUT2D eigenvalue weighted by atomic mass is 10.0. The Kier molecular flexibility index (Phi) is 5.47. The van der Waals surface area contributed by atoms with Crippen molar-refractivity contribution in [2.45, 2.75) is 45.4 Å². The van der Waals surface area contributed by atoms with Gasteiger partial charge in [0.25, 0.3) is 0 Å². The Morgan fingerprint density at radius 2 is 1.79 bits per heavy atom. The first-order valence-corrected chi connectivity index (χ1v) is 9.33. The Balaban J connectivity index is 1.61. The van der Waals surface area contributed by atoms with Crippen LogP contribution in [0.2, 0.25) is 0 Å². The summed E-state index contributed by atoms with van der Waals surface area (Å²) in [6, 6.07) is 8.37. The SMILES string of the molecule is CC(C)c1cccc(N(N)/C=C(\N)CN(CC2CC2)CC2CC2)c1. The molecule has 0 heterocycles. The molecule has 0 spiro atoms. The Morgan fingerprint density at radius 3 is 2.33 bits per heavy atom. The number of hydrogen-bond donors (Lipinski definition) is 2. The van der Waals surface area contributed by atoms with Gasteiger partial charge in [0.2, 0.25) is 0 Å². The molecule has 1 aromatic carbocycles. The molecule has 2 aliphatic rings. The van der Waals surface area contributed by atoms with Crippen LogP contribution >= 0.6 is 0 Å². The quantitative estimate of drug-likeness (QED) is 0.539. The summed E-state index contributed by atoms with van der Waals surface area (Å²) < 4.78 is 0. The lowest BCUT2D eigenvalue weighted by Crippen LogP contribution is -2.34. The van der Waals surface area contributed by atoms with Crippen molar-refractivity contribution < 1.29 is 0 Å². The maximum Gasteiger partial charge on any atom is 0.0571 e. The lowest BCUT2D eigenvalue weighted by Gasteiger charge is -2.23. The highest BCUT2D eigenvalue weighted by Crippen LogP contribution is 2.33. The first kappa shape index (κ1) is 17.3. The summed E-state index contributed by atoms with van der Waals surface area (Å²) in [5, 5.41) is 1.66. The van der Waals surface area contributed by atoms with Crippen molar-refractivity contribution in [1.29, 1.82) is 0 Å². The highest BCUT2D eigenvalue weighted by molar-refractivity contribution is 5.50. The van der Waals surface area contributed by atoms with E-state index in [1.807, 2.05) is 12.3 Å². The maximum atomic E-state index is 6.30. The number of rotatable bonds is 9. The molecule has 4 nitrogen and oxygen atoms in total. The van der Waals surface area contributed by atoms with Crippen LogP contribution in [-0.4, -0.2) is 24.5 Å². The van der Waals surface area contributed by atoms with Gasteiger partial charge in [0.15, 0.2) is 0 Å². The van der Waals surface area contributed by atoms with Gasteiger partial charge in [-0.1, -0.05) is 26.0 Å². The Morgan fingerprint density at radius 1 is 1.17 bits per heavy atom. The minimum atomic E-state index is 0.493. The van der Waals surface area contributed by atoms with Gasteiger partial charge in [0.05, 0.1) is 5.69 Å². The topological polar surface area (TPSA) is 58.5 Å².